The van der Waals surface area contributed by atoms with Crippen LogP contribution in [0.5, 0.6) is 0 Å². The summed E-state index contributed by atoms with van der Waals surface area (Å²) in [5, 5.41) is 9.67. The van der Waals surface area contributed by atoms with Crippen molar-refractivity contribution in [2.45, 2.75) is 328 Å². The maximum atomic E-state index is 12.3. The summed E-state index contributed by atoms with van der Waals surface area (Å²) >= 11 is 0. The lowest BCUT2D eigenvalue weighted by Gasteiger charge is -2.15. The van der Waals surface area contributed by atoms with Gasteiger partial charge in [-0.1, -0.05) is 329 Å². The van der Waals surface area contributed by atoms with Gasteiger partial charge in [0.05, 0.1) is 6.61 Å². The smallest absolute Gasteiger partial charge is 0.306 e. The molecular weight excluding hydrogens is 933 g/mol. The summed E-state index contributed by atoms with van der Waals surface area (Å²) in [6, 6.07) is 0. The Morgan fingerprint density at radius 3 is 0.855 bits per heavy atom. The van der Waals surface area contributed by atoms with Crippen molar-refractivity contribution in [2.24, 2.45) is 0 Å². The van der Waals surface area contributed by atoms with Gasteiger partial charge in [-0.2, -0.15) is 0 Å². The number of ether oxygens (including phenoxy) is 2. The Balaban J connectivity index is 3.50. The molecule has 0 saturated carbocycles. The fourth-order valence-corrected chi connectivity index (χ4v) is 9.52. The number of hydrogen-bond donors (Lipinski definition) is 1. The molecular formula is C71H124O5. The summed E-state index contributed by atoms with van der Waals surface area (Å²) in [5.41, 5.74) is 0. The molecule has 1 unspecified atom stereocenters. The molecule has 1 N–H and O–H groups in total. The Morgan fingerprint density at radius 1 is 0.316 bits per heavy atom. The quantitative estimate of drug-likeness (QED) is 0.0373. The monoisotopic (exact) mass is 1060 g/mol. The zero-order chi connectivity index (χ0) is 54.8. The highest BCUT2D eigenvalue weighted by Gasteiger charge is 2.16. The third-order valence-electron chi connectivity index (χ3n) is 14.4. The summed E-state index contributed by atoms with van der Waals surface area (Å²) < 4.78 is 10.7. The highest BCUT2D eigenvalue weighted by molar-refractivity contribution is 5.70. The van der Waals surface area contributed by atoms with E-state index in [1.54, 1.807) is 0 Å². The topological polar surface area (TPSA) is 72.8 Å². The average molecular weight is 1060 g/mol. The predicted octanol–water partition coefficient (Wildman–Crippen LogP) is 22.6. The number of aliphatic hydroxyl groups excluding tert-OH is 1. The van der Waals surface area contributed by atoms with E-state index >= 15 is 0 Å². The van der Waals surface area contributed by atoms with Gasteiger partial charge >= 0.3 is 11.9 Å². The van der Waals surface area contributed by atoms with E-state index in [1.807, 2.05) is 0 Å². The number of hydrogen-bond acceptors (Lipinski definition) is 5. The van der Waals surface area contributed by atoms with E-state index in [1.165, 1.54) is 205 Å². The van der Waals surface area contributed by atoms with Gasteiger partial charge in [0.25, 0.3) is 0 Å². The van der Waals surface area contributed by atoms with Gasteiger partial charge in [-0.05, 0) is 77.0 Å². The number of esters is 2. The number of aliphatic hydroxyl groups is 1. The molecule has 0 aliphatic rings. The first-order valence-electron chi connectivity index (χ1n) is 32.8. The molecule has 0 spiro atoms. The minimum atomic E-state index is -0.802. The van der Waals surface area contributed by atoms with Crippen molar-refractivity contribution in [3.8, 4) is 0 Å². The van der Waals surface area contributed by atoms with Crippen molar-refractivity contribution in [1.29, 1.82) is 0 Å². The number of carbonyl (C=O) groups is 2. The highest BCUT2D eigenvalue weighted by Crippen LogP contribution is 2.18. The zero-order valence-electron chi connectivity index (χ0n) is 50.3. The Kier molecular flexibility index (Phi) is 63.3. The second kappa shape index (κ2) is 66.1. The first-order chi connectivity index (χ1) is 37.6. The van der Waals surface area contributed by atoms with Crippen LogP contribution in [0.2, 0.25) is 0 Å². The molecule has 0 heterocycles. The van der Waals surface area contributed by atoms with Gasteiger partial charge in [-0.25, -0.2) is 0 Å². The first-order valence-corrected chi connectivity index (χ1v) is 32.8. The summed E-state index contributed by atoms with van der Waals surface area (Å²) in [6.45, 7) is 4.02. The third kappa shape index (κ3) is 63.4. The van der Waals surface area contributed by atoms with Crippen LogP contribution in [0.25, 0.3) is 0 Å². The van der Waals surface area contributed by atoms with Gasteiger partial charge in [-0.15, -0.1) is 0 Å². The number of allylic oxidation sites excluding steroid dienone is 16. The van der Waals surface area contributed by atoms with Crippen molar-refractivity contribution in [3.05, 3.63) is 97.2 Å². The second-order valence-electron chi connectivity index (χ2n) is 21.8. The van der Waals surface area contributed by atoms with Gasteiger partial charge in [0.15, 0.2) is 6.10 Å². The van der Waals surface area contributed by atoms with Crippen LogP contribution in [-0.2, 0) is 19.1 Å². The van der Waals surface area contributed by atoms with Gasteiger partial charge in [-0.3, -0.25) is 9.59 Å². The molecule has 0 radical (unpaired) electrons. The largest absolute Gasteiger partial charge is 0.462 e. The van der Waals surface area contributed by atoms with E-state index < -0.39 is 6.10 Å². The third-order valence-corrected chi connectivity index (χ3v) is 14.4. The molecule has 0 aliphatic heterocycles. The van der Waals surface area contributed by atoms with Gasteiger partial charge in [0.2, 0.25) is 0 Å². The van der Waals surface area contributed by atoms with Gasteiger partial charge < -0.3 is 14.6 Å². The maximum absolute atomic E-state index is 12.3. The van der Waals surface area contributed by atoms with E-state index in [0.29, 0.717) is 12.8 Å². The van der Waals surface area contributed by atoms with E-state index in [2.05, 4.69) is 111 Å². The Labute approximate surface area is 472 Å². The van der Waals surface area contributed by atoms with Crippen molar-refractivity contribution >= 4 is 11.9 Å². The van der Waals surface area contributed by atoms with Crippen LogP contribution in [0, 0.1) is 0 Å². The average Bonchev–Trinajstić information content (AvgIpc) is 3.42. The van der Waals surface area contributed by atoms with Crippen LogP contribution in [0.1, 0.15) is 322 Å². The molecule has 438 valence electrons. The predicted molar refractivity (Wildman–Crippen MR) is 334 cm³/mol. The molecule has 76 heavy (non-hydrogen) atoms. The van der Waals surface area contributed by atoms with E-state index in [0.717, 1.165) is 89.9 Å². The van der Waals surface area contributed by atoms with E-state index in [-0.39, 0.29) is 25.2 Å². The molecule has 0 fully saturated rings. The van der Waals surface area contributed by atoms with Gasteiger partial charge in [0.1, 0.15) is 6.61 Å². The molecule has 0 aliphatic carbocycles. The van der Waals surface area contributed by atoms with Gasteiger partial charge in [0, 0.05) is 12.8 Å². The molecule has 5 heteroatoms. The molecule has 0 amide bonds. The van der Waals surface area contributed by atoms with Crippen LogP contribution < -0.4 is 0 Å². The van der Waals surface area contributed by atoms with Crippen LogP contribution >= 0.6 is 0 Å². The first kappa shape index (κ1) is 72.8. The Bertz CT molecular complexity index is 1430. The summed E-state index contributed by atoms with van der Waals surface area (Å²) in [6.07, 6.45) is 94.3. The normalized spacial score (nSPS) is 12.8. The molecule has 5 nitrogen and oxygen atoms in total. The molecule has 0 aromatic heterocycles. The number of rotatable bonds is 60. The number of unbranched alkanes of at least 4 members (excludes halogenated alkanes) is 36. The fourth-order valence-electron chi connectivity index (χ4n) is 9.52. The van der Waals surface area contributed by atoms with Crippen LogP contribution in [0.3, 0.4) is 0 Å². The Hall–Kier alpha value is -3.18. The lowest BCUT2D eigenvalue weighted by molar-refractivity contribution is -0.161. The Morgan fingerprint density at radius 2 is 0.566 bits per heavy atom. The van der Waals surface area contributed by atoms with Crippen molar-refractivity contribution in [2.75, 3.05) is 13.2 Å². The molecule has 1 atom stereocenters. The van der Waals surface area contributed by atoms with Crippen molar-refractivity contribution in [1.82, 2.24) is 0 Å². The van der Waals surface area contributed by atoms with Crippen molar-refractivity contribution < 1.29 is 24.2 Å². The summed E-state index contributed by atoms with van der Waals surface area (Å²) in [5.74, 6) is -0.635. The number of carbonyl (C=O) groups excluding carboxylic acids is 2. The summed E-state index contributed by atoms with van der Waals surface area (Å²) in [7, 11) is 0. The van der Waals surface area contributed by atoms with Crippen LogP contribution in [0.4, 0.5) is 0 Å². The molecule has 0 aromatic carbocycles. The molecule has 0 aromatic rings. The minimum absolute atomic E-state index is 0.0862. The highest BCUT2D eigenvalue weighted by atomic mass is 16.6. The SMILES string of the molecule is CC/C=C\C/C=C\C/C=C\C/C=C\C/C=C\C/C=C\C/C=C\C/C=C\CCCCC(=O)OC(CO)COC(=O)CCCCCCCCCCCCCCCCCCCCCCCCCCCCCCCCCCCCC. The van der Waals surface area contributed by atoms with Crippen molar-refractivity contribution in [3.63, 3.8) is 0 Å². The lowest BCUT2D eigenvalue weighted by Crippen LogP contribution is -2.28. The van der Waals surface area contributed by atoms with Crippen LogP contribution in [0.15, 0.2) is 97.2 Å². The standard InChI is InChI=1S/C71H124O5/c1-3-5-7-9-11-13-15-17-19-21-23-25-27-29-31-32-33-34-35-36-37-38-40-41-43-45-47-49-51-53-55-57-59-61-63-65-70(73)75-68-69(67-72)76-71(74)66-64-62-60-58-56-54-52-50-48-46-44-42-39-30-28-26-24-22-20-18-16-14-12-10-8-6-4-2/h6,8,12,14,18,20,24,26,30,39,44,46,50,52,56,58,69,72H,3-5,7,9-11,13,15-17,19,21-23,25,27-29,31-38,40-43,45,47-49,51,53-55,57,59-68H2,1-2H3/b8-6-,14-12-,20-18-,26-24-,39-30-,46-44-,52-50-,58-56-. The van der Waals surface area contributed by atoms with E-state index in [4.69, 9.17) is 9.47 Å². The molecule has 0 saturated heterocycles. The van der Waals surface area contributed by atoms with E-state index in [9.17, 15) is 14.7 Å². The summed E-state index contributed by atoms with van der Waals surface area (Å²) in [4.78, 5) is 24.6. The zero-order valence-corrected chi connectivity index (χ0v) is 50.3. The lowest BCUT2D eigenvalue weighted by atomic mass is 10.0. The minimum Gasteiger partial charge on any atom is -0.462 e. The van der Waals surface area contributed by atoms with Crippen LogP contribution in [-0.4, -0.2) is 36.4 Å². The molecule has 0 rings (SSSR count). The molecule has 0 bridgehead atoms. The second-order valence-corrected chi connectivity index (χ2v) is 21.8. The fraction of sp³-hybridized carbons (Fsp3) is 0.746. The maximum Gasteiger partial charge on any atom is 0.306 e.